The Kier molecular flexibility index (Phi) is 5.87. The van der Waals surface area contributed by atoms with Crippen molar-refractivity contribution in [1.29, 1.82) is 0 Å². The van der Waals surface area contributed by atoms with E-state index in [4.69, 9.17) is 4.74 Å². The molecule has 0 atom stereocenters. The van der Waals surface area contributed by atoms with Gasteiger partial charge in [-0.05, 0) is 24.6 Å². The molecule has 0 saturated heterocycles. The normalized spacial score (nSPS) is 10.6. The minimum absolute atomic E-state index is 0.0351. The Bertz CT molecular complexity index is 399. The zero-order valence-electron chi connectivity index (χ0n) is 11.0. The van der Waals surface area contributed by atoms with Gasteiger partial charge < -0.3 is 9.64 Å². The van der Waals surface area contributed by atoms with Crippen molar-refractivity contribution in [2.24, 2.45) is 5.10 Å². The van der Waals surface area contributed by atoms with Gasteiger partial charge in [0.15, 0.2) is 0 Å². The molecule has 0 bridgehead atoms. The second kappa shape index (κ2) is 7.45. The van der Waals surface area contributed by atoms with Crippen LogP contribution in [0.1, 0.15) is 12.5 Å². The van der Waals surface area contributed by atoms with Crippen molar-refractivity contribution in [3.63, 3.8) is 0 Å². The number of amides is 1. The Labute approximate surface area is 107 Å². The molecule has 0 aliphatic carbocycles. The van der Waals surface area contributed by atoms with Gasteiger partial charge in [-0.1, -0.05) is 12.1 Å². The van der Waals surface area contributed by atoms with E-state index in [1.165, 1.54) is 0 Å². The number of hydrazone groups is 1. The van der Waals surface area contributed by atoms with Crippen molar-refractivity contribution in [3.8, 4) is 0 Å². The van der Waals surface area contributed by atoms with Crippen LogP contribution in [-0.4, -0.2) is 39.4 Å². The Balaban J connectivity index is 2.44. The van der Waals surface area contributed by atoms with Crippen LogP contribution in [0.4, 0.5) is 5.69 Å². The smallest absolute Gasteiger partial charge is 0.266 e. The first kappa shape index (κ1) is 14.2. The Hall–Kier alpha value is -1.88. The summed E-state index contributed by atoms with van der Waals surface area (Å²) in [5.41, 5.74) is 4.44. The van der Waals surface area contributed by atoms with Crippen molar-refractivity contribution in [2.75, 3.05) is 32.2 Å². The molecule has 98 valence electrons. The molecule has 5 nitrogen and oxygen atoms in total. The number of carbonyl (C=O) groups excluding carboxylic acids is 1. The summed E-state index contributed by atoms with van der Waals surface area (Å²) >= 11 is 0. The lowest BCUT2D eigenvalue weighted by Crippen LogP contribution is -2.22. The van der Waals surface area contributed by atoms with E-state index in [-0.39, 0.29) is 12.5 Å². The van der Waals surface area contributed by atoms with Gasteiger partial charge in [-0.25, -0.2) is 5.43 Å². The van der Waals surface area contributed by atoms with E-state index >= 15 is 0 Å². The molecule has 0 spiro atoms. The standard InChI is InChI=1S/C13H19N3O2/c1-4-18-10-13(17)15-14-9-11-5-7-12(8-6-11)16(2)3/h5-9H,4,10H2,1-3H3,(H,15,17)/b14-9+. The largest absolute Gasteiger partial charge is 0.378 e. The molecule has 18 heavy (non-hydrogen) atoms. The molecule has 0 heterocycles. The molecule has 0 radical (unpaired) electrons. The average molecular weight is 249 g/mol. The van der Waals surface area contributed by atoms with Crippen LogP contribution in [0.2, 0.25) is 0 Å². The topological polar surface area (TPSA) is 53.9 Å². The van der Waals surface area contributed by atoms with Crippen molar-refractivity contribution < 1.29 is 9.53 Å². The molecule has 1 amide bonds. The van der Waals surface area contributed by atoms with Gasteiger partial charge in [-0.2, -0.15) is 5.10 Å². The first-order valence-electron chi connectivity index (χ1n) is 5.80. The van der Waals surface area contributed by atoms with Crippen LogP contribution in [0.3, 0.4) is 0 Å². The lowest BCUT2D eigenvalue weighted by atomic mass is 10.2. The number of benzene rings is 1. The monoisotopic (exact) mass is 249 g/mol. The van der Waals surface area contributed by atoms with Crippen molar-refractivity contribution in [3.05, 3.63) is 29.8 Å². The van der Waals surface area contributed by atoms with E-state index in [1.807, 2.05) is 50.2 Å². The summed E-state index contributed by atoms with van der Waals surface area (Å²) in [6, 6.07) is 7.85. The van der Waals surface area contributed by atoms with Gasteiger partial charge in [-0.15, -0.1) is 0 Å². The van der Waals surface area contributed by atoms with Gasteiger partial charge in [0, 0.05) is 26.4 Å². The van der Waals surface area contributed by atoms with E-state index in [1.54, 1.807) is 6.21 Å². The van der Waals surface area contributed by atoms with Crippen LogP contribution in [-0.2, 0) is 9.53 Å². The van der Waals surface area contributed by atoms with Gasteiger partial charge in [0.25, 0.3) is 5.91 Å². The summed E-state index contributed by atoms with van der Waals surface area (Å²) in [6.07, 6.45) is 1.60. The summed E-state index contributed by atoms with van der Waals surface area (Å²) in [4.78, 5) is 13.2. The third-order valence-corrected chi connectivity index (χ3v) is 2.25. The highest BCUT2D eigenvalue weighted by Crippen LogP contribution is 2.10. The Morgan fingerprint density at radius 3 is 2.61 bits per heavy atom. The number of nitrogens with one attached hydrogen (secondary N) is 1. The number of ether oxygens (including phenoxy) is 1. The first-order valence-corrected chi connectivity index (χ1v) is 5.80. The van der Waals surface area contributed by atoms with Crippen LogP contribution in [0.5, 0.6) is 0 Å². The molecule has 1 aromatic carbocycles. The molecule has 1 rings (SSSR count). The predicted octanol–water partition coefficient (Wildman–Crippen LogP) is 1.24. The van der Waals surface area contributed by atoms with Crippen molar-refractivity contribution in [2.45, 2.75) is 6.92 Å². The number of hydrogen-bond donors (Lipinski definition) is 1. The number of hydrogen-bond acceptors (Lipinski definition) is 4. The molecular weight excluding hydrogens is 230 g/mol. The molecule has 1 aromatic rings. The molecule has 0 unspecified atom stereocenters. The molecule has 1 N–H and O–H groups in total. The summed E-state index contributed by atoms with van der Waals surface area (Å²) in [7, 11) is 3.97. The first-order chi connectivity index (χ1) is 8.63. The Morgan fingerprint density at radius 2 is 2.06 bits per heavy atom. The molecule has 0 aromatic heterocycles. The number of carbonyl (C=O) groups is 1. The zero-order valence-corrected chi connectivity index (χ0v) is 11.0. The minimum atomic E-state index is -0.252. The number of nitrogens with zero attached hydrogens (tertiary/aromatic N) is 2. The number of rotatable bonds is 6. The van der Waals surface area contributed by atoms with Crippen LogP contribution < -0.4 is 10.3 Å². The highest BCUT2D eigenvalue weighted by Gasteiger charge is 1.97. The fourth-order valence-corrected chi connectivity index (χ4v) is 1.26. The van der Waals surface area contributed by atoms with E-state index in [0.29, 0.717) is 6.61 Å². The highest BCUT2D eigenvalue weighted by molar-refractivity contribution is 5.83. The fourth-order valence-electron chi connectivity index (χ4n) is 1.26. The van der Waals surface area contributed by atoms with Gasteiger partial charge in [-0.3, -0.25) is 4.79 Å². The maximum absolute atomic E-state index is 11.2. The predicted molar refractivity (Wildman–Crippen MR) is 73.0 cm³/mol. The SMILES string of the molecule is CCOCC(=O)N/N=C/c1ccc(N(C)C)cc1. The van der Waals surface area contributed by atoms with E-state index in [0.717, 1.165) is 11.3 Å². The van der Waals surface area contributed by atoms with E-state index in [2.05, 4.69) is 10.5 Å². The molecular formula is C13H19N3O2. The molecule has 0 fully saturated rings. The van der Waals surface area contributed by atoms with E-state index < -0.39 is 0 Å². The second-order valence-electron chi connectivity index (χ2n) is 3.92. The van der Waals surface area contributed by atoms with Gasteiger partial charge in [0.05, 0.1) is 6.21 Å². The summed E-state index contributed by atoms with van der Waals surface area (Å²) < 4.78 is 4.95. The van der Waals surface area contributed by atoms with Crippen LogP contribution in [0, 0.1) is 0 Å². The van der Waals surface area contributed by atoms with Gasteiger partial charge >= 0.3 is 0 Å². The van der Waals surface area contributed by atoms with Crippen LogP contribution >= 0.6 is 0 Å². The lowest BCUT2D eigenvalue weighted by Gasteiger charge is -2.11. The Morgan fingerprint density at radius 1 is 1.39 bits per heavy atom. The molecule has 0 aliphatic heterocycles. The third-order valence-electron chi connectivity index (χ3n) is 2.25. The highest BCUT2D eigenvalue weighted by atomic mass is 16.5. The quantitative estimate of drug-likeness (QED) is 0.609. The summed E-state index contributed by atoms with van der Waals surface area (Å²) in [5.74, 6) is -0.252. The van der Waals surface area contributed by atoms with E-state index in [9.17, 15) is 4.79 Å². The van der Waals surface area contributed by atoms with Gasteiger partial charge in [0.2, 0.25) is 0 Å². The second-order valence-corrected chi connectivity index (χ2v) is 3.92. The fraction of sp³-hybridized carbons (Fsp3) is 0.385. The summed E-state index contributed by atoms with van der Waals surface area (Å²) in [5, 5.41) is 3.85. The van der Waals surface area contributed by atoms with Crippen LogP contribution in [0.15, 0.2) is 29.4 Å². The molecule has 0 aliphatic rings. The number of anilines is 1. The van der Waals surface area contributed by atoms with Crippen LogP contribution in [0.25, 0.3) is 0 Å². The van der Waals surface area contributed by atoms with Crippen molar-refractivity contribution in [1.82, 2.24) is 5.43 Å². The summed E-state index contributed by atoms with van der Waals surface area (Å²) in [6.45, 7) is 2.39. The third kappa shape index (κ3) is 4.97. The average Bonchev–Trinajstić information content (AvgIpc) is 2.37. The molecule has 5 heteroatoms. The lowest BCUT2D eigenvalue weighted by molar-refractivity contribution is -0.125. The minimum Gasteiger partial charge on any atom is -0.378 e. The molecule has 0 saturated carbocycles. The zero-order chi connectivity index (χ0) is 13.4. The van der Waals surface area contributed by atoms with Crippen molar-refractivity contribution >= 4 is 17.8 Å². The van der Waals surface area contributed by atoms with Gasteiger partial charge in [0.1, 0.15) is 6.61 Å². The maximum Gasteiger partial charge on any atom is 0.266 e. The maximum atomic E-state index is 11.2.